The Balaban J connectivity index is 2.02. The number of aromatic nitrogens is 3. The van der Waals surface area contributed by atoms with Gasteiger partial charge < -0.3 is 11.5 Å². The second kappa shape index (κ2) is 4.42. The second-order valence-electron chi connectivity index (χ2n) is 4.18. The third kappa shape index (κ3) is 2.78. The standard InChI is InChI=1S/C10H17N5/c11-9-13-8(14-10(12)15-9)6-7-4-2-1-3-5-7/h7H,1-6H2,(H4,11,12,13,14,15). The molecule has 0 unspecified atom stereocenters. The van der Waals surface area contributed by atoms with Gasteiger partial charge in [0, 0.05) is 6.42 Å². The lowest BCUT2D eigenvalue weighted by Gasteiger charge is -2.20. The molecule has 1 aromatic heterocycles. The summed E-state index contributed by atoms with van der Waals surface area (Å²) >= 11 is 0. The van der Waals surface area contributed by atoms with E-state index in [-0.39, 0.29) is 11.9 Å². The van der Waals surface area contributed by atoms with Crippen molar-refractivity contribution in [2.24, 2.45) is 5.92 Å². The first kappa shape index (κ1) is 10.1. The van der Waals surface area contributed by atoms with Crippen molar-refractivity contribution >= 4 is 11.9 Å². The van der Waals surface area contributed by atoms with Crippen LogP contribution in [-0.2, 0) is 6.42 Å². The van der Waals surface area contributed by atoms with Crippen molar-refractivity contribution in [3.63, 3.8) is 0 Å². The van der Waals surface area contributed by atoms with Crippen LogP contribution in [-0.4, -0.2) is 15.0 Å². The summed E-state index contributed by atoms with van der Waals surface area (Å²) < 4.78 is 0. The summed E-state index contributed by atoms with van der Waals surface area (Å²) in [5, 5.41) is 0. The zero-order chi connectivity index (χ0) is 10.7. The number of rotatable bonds is 2. The maximum atomic E-state index is 5.52. The van der Waals surface area contributed by atoms with Crippen molar-refractivity contribution in [2.75, 3.05) is 11.5 Å². The van der Waals surface area contributed by atoms with Crippen LogP contribution in [0.4, 0.5) is 11.9 Å². The van der Waals surface area contributed by atoms with Gasteiger partial charge >= 0.3 is 0 Å². The van der Waals surface area contributed by atoms with Gasteiger partial charge in [-0.2, -0.15) is 15.0 Å². The molecule has 1 fully saturated rings. The molecule has 1 aromatic rings. The van der Waals surface area contributed by atoms with E-state index in [0.29, 0.717) is 5.92 Å². The minimum absolute atomic E-state index is 0.230. The largest absolute Gasteiger partial charge is 0.368 e. The Morgan fingerprint density at radius 2 is 1.53 bits per heavy atom. The normalized spacial score (nSPS) is 17.9. The highest BCUT2D eigenvalue weighted by molar-refractivity contribution is 5.25. The number of nitrogens with zero attached hydrogens (tertiary/aromatic N) is 3. The first-order valence-corrected chi connectivity index (χ1v) is 5.50. The Hall–Kier alpha value is -1.39. The van der Waals surface area contributed by atoms with Gasteiger partial charge in [0.25, 0.3) is 0 Å². The first-order valence-electron chi connectivity index (χ1n) is 5.50. The molecule has 0 saturated heterocycles. The van der Waals surface area contributed by atoms with Gasteiger partial charge in [0.15, 0.2) is 0 Å². The lowest BCUT2D eigenvalue weighted by Crippen LogP contribution is -2.14. The van der Waals surface area contributed by atoms with Crippen LogP contribution < -0.4 is 11.5 Å². The Bertz CT molecular complexity index is 312. The van der Waals surface area contributed by atoms with Gasteiger partial charge in [-0.25, -0.2) is 0 Å². The molecular formula is C10H17N5. The smallest absolute Gasteiger partial charge is 0.225 e. The molecule has 0 aliphatic heterocycles. The SMILES string of the molecule is Nc1nc(N)nc(CC2CCCCC2)n1. The lowest BCUT2D eigenvalue weighted by atomic mass is 9.87. The maximum absolute atomic E-state index is 5.52. The second-order valence-corrected chi connectivity index (χ2v) is 4.18. The van der Waals surface area contributed by atoms with Crippen molar-refractivity contribution in [3.05, 3.63) is 5.82 Å². The topological polar surface area (TPSA) is 90.7 Å². The molecule has 15 heavy (non-hydrogen) atoms. The van der Waals surface area contributed by atoms with E-state index in [2.05, 4.69) is 15.0 Å². The highest BCUT2D eigenvalue weighted by atomic mass is 15.1. The van der Waals surface area contributed by atoms with Crippen LogP contribution in [0.3, 0.4) is 0 Å². The first-order chi connectivity index (χ1) is 7.24. The Morgan fingerprint density at radius 1 is 0.933 bits per heavy atom. The third-order valence-corrected chi connectivity index (χ3v) is 2.91. The molecule has 0 bridgehead atoms. The molecular weight excluding hydrogens is 190 g/mol. The highest BCUT2D eigenvalue weighted by Gasteiger charge is 2.15. The van der Waals surface area contributed by atoms with Crippen LogP contribution in [0, 0.1) is 5.92 Å². The molecule has 0 spiro atoms. The maximum Gasteiger partial charge on any atom is 0.225 e. The molecule has 5 heteroatoms. The minimum atomic E-state index is 0.230. The van der Waals surface area contributed by atoms with Crippen LogP contribution in [0.25, 0.3) is 0 Å². The monoisotopic (exact) mass is 207 g/mol. The molecule has 0 atom stereocenters. The van der Waals surface area contributed by atoms with Crippen LogP contribution in [0.15, 0.2) is 0 Å². The number of hydrogen-bond acceptors (Lipinski definition) is 5. The molecule has 1 saturated carbocycles. The van der Waals surface area contributed by atoms with Crippen molar-refractivity contribution < 1.29 is 0 Å². The average Bonchev–Trinajstić information content (AvgIpc) is 2.17. The van der Waals surface area contributed by atoms with Gasteiger partial charge in [-0.3, -0.25) is 0 Å². The van der Waals surface area contributed by atoms with Crippen LogP contribution in [0.2, 0.25) is 0 Å². The van der Waals surface area contributed by atoms with E-state index in [0.717, 1.165) is 12.2 Å². The fraction of sp³-hybridized carbons (Fsp3) is 0.700. The van der Waals surface area contributed by atoms with Gasteiger partial charge in [0.2, 0.25) is 11.9 Å². The van der Waals surface area contributed by atoms with Crippen LogP contribution in [0.1, 0.15) is 37.9 Å². The molecule has 1 heterocycles. The Morgan fingerprint density at radius 3 is 2.13 bits per heavy atom. The summed E-state index contributed by atoms with van der Waals surface area (Å²) in [6.45, 7) is 0. The van der Waals surface area contributed by atoms with E-state index in [1.54, 1.807) is 0 Å². The van der Waals surface area contributed by atoms with Gasteiger partial charge in [0.1, 0.15) is 5.82 Å². The fourth-order valence-electron chi connectivity index (χ4n) is 2.20. The van der Waals surface area contributed by atoms with E-state index >= 15 is 0 Å². The van der Waals surface area contributed by atoms with Crippen LogP contribution in [0.5, 0.6) is 0 Å². The van der Waals surface area contributed by atoms with Crippen molar-refractivity contribution in [2.45, 2.75) is 38.5 Å². The van der Waals surface area contributed by atoms with Crippen LogP contribution >= 0.6 is 0 Å². The summed E-state index contributed by atoms with van der Waals surface area (Å²) in [5.74, 6) is 1.90. The van der Waals surface area contributed by atoms with Gasteiger partial charge in [-0.05, 0) is 5.92 Å². The minimum Gasteiger partial charge on any atom is -0.368 e. The summed E-state index contributed by atoms with van der Waals surface area (Å²) in [6, 6.07) is 0. The van der Waals surface area contributed by atoms with Crippen molar-refractivity contribution in [1.29, 1.82) is 0 Å². The Kier molecular flexibility index (Phi) is 2.99. The molecule has 5 nitrogen and oxygen atoms in total. The molecule has 0 radical (unpaired) electrons. The molecule has 1 aliphatic rings. The molecule has 0 amide bonds. The number of hydrogen-bond donors (Lipinski definition) is 2. The van der Waals surface area contributed by atoms with Crippen molar-refractivity contribution in [3.8, 4) is 0 Å². The molecule has 82 valence electrons. The predicted octanol–water partition coefficient (Wildman–Crippen LogP) is 1.16. The van der Waals surface area contributed by atoms with Crippen molar-refractivity contribution in [1.82, 2.24) is 15.0 Å². The number of nitrogen functional groups attached to an aromatic ring is 2. The van der Waals surface area contributed by atoms with Gasteiger partial charge in [0.05, 0.1) is 0 Å². The van der Waals surface area contributed by atoms with Gasteiger partial charge in [-0.1, -0.05) is 32.1 Å². The summed E-state index contributed by atoms with van der Waals surface area (Å²) in [6.07, 6.45) is 7.42. The predicted molar refractivity (Wildman–Crippen MR) is 58.9 cm³/mol. The average molecular weight is 207 g/mol. The molecule has 4 N–H and O–H groups in total. The zero-order valence-corrected chi connectivity index (χ0v) is 8.82. The summed E-state index contributed by atoms with van der Waals surface area (Å²) in [4.78, 5) is 12.0. The van der Waals surface area contributed by atoms with E-state index in [4.69, 9.17) is 11.5 Å². The van der Waals surface area contributed by atoms with E-state index in [1.807, 2.05) is 0 Å². The van der Waals surface area contributed by atoms with Gasteiger partial charge in [-0.15, -0.1) is 0 Å². The zero-order valence-electron chi connectivity index (χ0n) is 8.82. The van der Waals surface area contributed by atoms with E-state index < -0.39 is 0 Å². The Labute approximate surface area is 89.3 Å². The molecule has 1 aliphatic carbocycles. The fourth-order valence-corrected chi connectivity index (χ4v) is 2.20. The quantitative estimate of drug-likeness (QED) is 0.759. The highest BCUT2D eigenvalue weighted by Crippen LogP contribution is 2.25. The molecule has 2 rings (SSSR count). The third-order valence-electron chi connectivity index (χ3n) is 2.91. The van der Waals surface area contributed by atoms with E-state index in [1.165, 1.54) is 32.1 Å². The number of anilines is 2. The summed E-state index contributed by atoms with van der Waals surface area (Å²) in [7, 11) is 0. The lowest BCUT2D eigenvalue weighted by molar-refractivity contribution is 0.351. The number of nitrogens with two attached hydrogens (primary N) is 2. The van der Waals surface area contributed by atoms with E-state index in [9.17, 15) is 0 Å². The molecule has 0 aromatic carbocycles. The summed E-state index contributed by atoms with van der Waals surface area (Å²) in [5.41, 5.74) is 11.0.